The maximum Gasteiger partial charge on any atom is 0.248 e. The van der Waals surface area contributed by atoms with Crippen LogP contribution in [0.2, 0.25) is 0 Å². The number of methoxy groups -OCH3 is 5. The van der Waals surface area contributed by atoms with Crippen LogP contribution in [-0.2, 0) is 4.79 Å². The molecule has 0 atom stereocenters. The molecule has 7 nitrogen and oxygen atoms in total. The van der Waals surface area contributed by atoms with Crippen LogP contribution in [0.4, 0.5) is 5.69 Å². The lowest BCUT2D eigenvalue weighted by Crippen LogP contribution is -2.09. The van der Waals surface area contributed by atoms with Gasteiger partial charge in [0.2, 0.25) is 11.7 Å². The van der Waals surface area contributed by atoms with E-state index in [1.807, 2.05) is 60.7 Å². The molecule has 35 heavy (non-hydrogen) atoms. The van der Waals surface area contributed by atoms with E-state index in [9.17, 15) is 4.79 Å². The molecular weight excluding hydrogens is 446 g/mol. The number of hydrogen-bond donors (Lipinski definition) is 1. The van der Waals surface area contributed by atoms with Crippen molar-refractivity contribution in [1.29, 1.82) is 0 Å². The Morgan fingerprint density at radius 3 is 1.80 bits per heavy atom. The third kappa shape index (κ3) is 6.57. The standard InChI is InChI=1S/C28H29NO6/c1-31-22-12-8-19(9-13-22)11-15-27(30)29-23-16-20(10-14-24(23)32-2)6-7-21-17-25(33-3)28(35-5)26(18-21)34-4/h6-18H,1-5H3,(H,29,30)/b7-6+,15-11+. The van der Waals surface area contributed by atoms with Crippen molar-refractivity contribution < 1.29 is 28.5 Å². The lowest BCUT2D eigenvalue weighted by Gasteiger charge is -2.13. The van der Waals surface area contributed by atoms with E-state index in [4.69, 9.17) is 23.7 Å². The number of rotatable bonds is 10. The van der Waals surface area contributed by atoms with Crippen LogP contribution in [0.15, 0.2) is 60.7 Å². The minimum atomic E-state index is -0.273. The van der Waals surface area contributed by atoms with Crippen LogP contribution in [0.3, 0.4) is 0 Å². The highest BCUT2D eigenvalue weighted by molar-refractivity contribution is 6.03. The molecule has 0 saturated heterocycles. The molecule has 1 N–H and O–H groups in total. The molecule has 0 radical (unpaired) electrons. The van der Waals surface area contributed by atoms with Crippen LogP contribution in [-0.4, -0.2) is 41.5 Å². The van der Waals surface area contributed by atoms with Gasteiger partial charge in [-0.1, -0.05) is 30.4 Å². The predicted molar refractivity (Wildman–Crippen MR) is 139 cm³/mol. The molecule has 0 spiro atoms. The van der Waals surface area contributed by atoms with Gasteiger partial charge in [0.1, 0.15) is 11.5 Å². The number of amides is 1. The van der Waals surface area contributed by atoms with Gasteiger partial charge in [0.05, 0.1) is 41.2 Å². The molecule has 0 aliphatic heterocycles. The van der Waals surface area contributed by atoms with Crippen LogP contribution in [0.1, 0.15) is 16.7 Å². The SMILES string of the molecule is COc1ccc(/C=C/C(=O)Nc2cc(/C=C/c3cc(OC)c(OC)c(OC)c3)ccc2OC)cc1. The lowest BCUT2D eigenvalue weighted by molar-refractivity contribution is -0.111. The van der Waals surface area contributed by atoms with E-state index in [1.165, 1.54) is 6.08 Å². The fourth-order valence-corrected chi connectivity index (χ4v) is 3.38. The summed E-state index contributed by atoms with van der Waals surface area (Å²) in [6, 6.07) is 16.7. The van der Waals surface area contributed by atoms with E-state index in [2.05, 4.69) is 5.32 Å². The number of carbonyl (C=O) groups excluding carboxylic acids is 1. The van der Waals surface area contributed by atoms with Gasteiger partial charge in [-0.05, 0) is 59.2 Å². The largest absolute Gasteiger partial charge is 0.497 e. The van der Waals surface area contributed by atoms with Gasteiger partial charge >= 0.3 is 0 Å². The first kappa shape index (κ1) is 25.2. The van der Waals surface area contributed by atoms with E-state index in [-0.39, 0.29) is 5.91 Å². The highest BCUT2D eigenvalue weighted by atomic mass is 16.5. The van der Waals surface area contributed by atoms with Crippen LogP contribution >= 0.6 is 0 Å². The zero-order valence-corrected chi connectivity index (χ0v) is 20.5. The molecule has 0 fully saturated rings. The molecule has 3 aromatic rings. The summed E-state index contributed by atoms with van der Waals surface area (Å²) >= 11 is 0. The molecule has 0 saturated carbocycles. The zero-order chi connectivity index (χ0) is 25.2. The fourth-order valence-electron chi connectivity index (χ4n) is 3.38. The van der Waals surface area contributed by atoms with E-state index in [0.29, 0.717) is 28.7 Å². The molecule has 0 aliphatic carbocycles. The van der Waals surface area contributed by atoms with Crippen molar-refractivity contribution >= 4 is 29.8 Å². The predicted octanol–water partition coefficient (Wildman–Crippen LogP) is 5.55. The van der Waals surface area contributed by atoms with Gasteiger partial charge in [0.25, 0.3) is 0 Å². The Hall–Kier alpha value is -4.39. The van der Waals surface area contributed by atoms with Gasteiger partial charge in [-0.2, -0.15) is 0 Å². The summed E-state index contributed by atoms with van der Waals surface area (Å²) in [7, 11) is 7.89. The van der Waals surface area contributed by atoms with Gasteiger partial charge in [0, 0.05) is 6.08 Å². The molecule has 0 bridgehead atoms. The van der Waals surface area contributed by atoms with Gasteiger partial charge in [-0.15, -0.1) is 0 Å². The number of anilines is 1. The number of hydrogen-bond acceptors (Lipinski definition) is 6. The monoisotopic (exact) mass is 475 g/mol. The first-order valence-corrected chi connectivity index (χ1v) is 10.8. The van der Waals surface area contributed by atoms with Crippen molar-refractivity contribution in [1.82, 2.24) is 0 Å². The number of benzene rings is 3. The van der Waals surface area contributed by atoms with Gasteiger partial charge < -0.3 is 29.0 Å². The Balaban J connectivity index is 1.78. The van der Waals surface area contributed by atoms with Crippen molar-refractivity contribution in [2.45, 2.75) is 0 Å². The molecule has 7 heteroatoms. The first-order valence-electron chi connectivity index (χ1n) is 10.8. The molecule has 1 amide bonds. The lowest BCUT2D eigenvalue weighted by atomic mass is 10.1. The smallest absolute Gasteiger partial charge is 0.248 e. The second-order valence-electron chi connectivity index (χ2n) is 7.35. The maximum atomic E-state index is 12.5. The van der Waals surface area contributed by atoms with Crippen molar-refractivity contribution in [2.75, 3.05) is 40.9 Å². The van der Waals surface area contributed by atoms with Crippen molar-refractivity contribution in [3.05, 3.63) is 77.4 Å². The van der Waals surface area contributed by atoms with E-state index in [0.717, 1.165) is 22.4 Å². The first-order chi connectivity index (χ1) is 17.0. The highest BCUT2D eigenvalue weighted by Gasteiger charge is 2.12. The second-order valence-corrected chi connectivity index (χ2v) is 7.35. The van der Waals surface area contributed by atoms with Crippen LogP contribution in [0.25, 0.3) is 18.2 Å². The van der Waals surface area contributed by atoms with Crippen LogP contribution in [0, 0.1) is 0 Å². The van der Waals surface area contributed by atoms with Gasteiger partial charge in [-0.25, -0.2) is 0 Å². The second kappa shape index (κ2) is 12.2. The van der Waals surface area contributed by atoms with E-state index < -0.39 is 0 Å². The quantitative estimate of drug-likeness (QED) is 0.306. The number of ether oxygens (including phenoxy) is 5. The van der Waals surface area contributed by atoms with Crippen molar-refractivity contribution in [3.8, 4) is 28.7 Å². The zero-order valence-electron chi connectivity index (χ0n) is 20.5. The molecule has 0 aliphatic rings. The average molecular weight is 476 g/mol. The molecule has 0 heterocycles. The summed E-state index contributed by atoms with van der Waals surface area (Å²) in [6.45, 7) is 0. The van der Waals surface area contributed by atoms with Crippen molar-refractivity contribution in [3.63, 3.8) is 0 Å². The minimum absolute atomic E-state index is 0.273. The van der Waals surface area contributed by atoms with Gasteiger partial charge in [-0.3, -0.25) is 4.79 Å². The third-order valence-electron chi connectivity index (χ3n) is 5.18. The van der Waals surface area contributed by atoms with Gasteiger partial charge in [0.15, 0.2) is 11.5 Å². The highest BCUT2D eigenvalue weighted by Crippen LogP contribution is 2.38. The fraction of sp³-hybridized carbons (Fsp3) is 0.179. The van der Waals surface area contributed by atoms with Crippen molar-refractivity contribution in [2.24, 2.45) is 0 Å². The normalized spacial score (nSPS) is 10.9. The van der Waals surface area contributed by atoms with Crippen LogP contribution in [0.5, 0.6) is 28.7 Å². The molecule has 3 aromatic carbocycles. The Kier molecular flexibility index (Phi) is 8.78. The Morgan fingerprint density at radius 1 is 0.629 bits per heavy atom. The summed E-state index contributed by atoms with van der Waals surface area (Å²) < 4.78 is 26.8. The Labute approximate surface area is 205 Å². The third-order valence-corrected chi connectivity index (χ3v) is 5.18. The van der Waals surface area contributed by atoms with E-state index >= 15 is 0 Å². The summed E-state index contributed by atoms with van der Waals surface area (Å²) in [5, 5.41) is 2.88. The summed E-state index contributed by atoms with van der Waals surface area (Å²) in [5.41, 5.74) is 3.18. The van der Waals surface area contributed by atoms with E-state index in [1.54, 1.807) is 47.7 Å². The molecule has 3 rings (SSSR count). The summed E-state index contributed by atoms with van der Waals surface area (Å²) in [5.74, 6) is 2.71. The summed E-state index contributed by atoms with van der Waals surface area (Å²) in [4.78, 5) is 12.5. The topological polar surface area (TPSA) is 75.3 Å². The van der Waals surface area contributed by atoms with Crippen LogP contribution < -0.4 is 29.0 Å². The maximum absolute atomic E-state index is 12.5. The molecular formula is C28H29NO6. The molecule has 182 valence electrons. The number of nitrogens with one attached hydrogen (secondary N) is 1. The molecule has 0 aromatic heterocycles. The Bertz CT molecular complexity index is 1190. The number of carbonyl (C=O) groups is 1. The summed E-state index contributed by atoms with van der Waals surface area (Å²) in [6.07, 6.45) is 7.04. The minimum Gasteiger partial charge on any atom is -0.497 e. The Morgan fingerprint density at radius 2 is 1.23 bits per heavy atom. The average Bonchev–Trinajstić information content (AvgIpc) is 2.90. The molecule has 0 unspecified atom stereocenters.